The lowest BCUT2D eigenvalue weighted by molar-refractivity contribution is 0.0949. The Morgan fingerprint density at radius 1 is 1.10 bits per heavy atom. The molecule has 0 radical (unpaired) electrons. The van der Waals surface area contributed by atoms with Crippen LogP contribution in [0.2, 0.25) is 5.02 Å². The van der Waals surface area contributed by atoms with E-state index in [4.69, 9.17) is 11.6 Å². The molecule has 2 amide bonds. The summed E-state index contributed by atoms with van der Waals surface area (Å²) in [6.45, 7) is 1.88. The van der Waals surface area contributed by atoms with E-state index >= 15 is 0 Å². The number of benzene rings is 2. The first-order chi connectivity index (χ1) is 14.0. The molecule has 0 saturated heterocycles. The van der Waals surface area contributed by atoms with Crippen molar-refractivity contribution in [2.24, 2.45) is 0 Å². The van der Waals surface area contributed by atoms with Gasteiger partial charge in [0.05, 0.1) is 16.9 Å². The summed E-state index contributed by atoms with van der Waals surface area (Å²) in [5.41, 5.74) is 2.73. The molecule has 4 rings (SSSR count). The summed E-state index contributed by atoms with van der Waals surface area (Å²) in [5, 5.41) is 10.1. The van der Waals surface area contributed by atoms with Gasteiger partial charge in [-0.1, -0.05) is 41.1 Å². The number of nitrogens with zero attached hydrogens (tertiary/aromatic N) is 1. The molecule has 1 saturated carbocycles. The number of thiazole rings is 1. The fraction of sp³-hybridized carbons (Fsp3) is 0.190. The molecule has 148 valence electrons. The van der Waals surface area contributed by atoms with Gasteiger partial charge in [0.25, 0.3) is 11.8 Å². The quantitative estimate of drug-likeness (QED) is 0.518. The molecule has 3 aromatic rings. The van der Waals surface area contributed by atoms with Gasteiger partial charge in [-0.15, -0.1) is 0 Å². The van der Waals surface area contributed by atoms with Gasteiger partial charge in [-0.2, -0.15) is 0 Å². The maximum absolute atomic E-state index is 12.7. The maximum atomic E-state index is 12.7. The second kappa shape index (κ2) is 8.23. The topological polar surface area (TPSA) is 83.1 Å². The Balaban J connectivity index is 1.46. The van der Waals surface area contributed by atoms with Gasteiger partial charge < -0.3 is 16.0 Å². The molecule has 1 aromatic heterocycles. The predicted molar refractivity (Wildman–Crippen MR) is 116 cm³/mol. The Kier molecular flexibility index (Phi) is 5.51. The molecule has 3 N–H and O–H groups in total. The number of carbonyl (C=O) groups excluding carboxylic acids is 2. The van der Waals surface area contributed by atoms with Gasteiger partial charge in [0, 0.05) is 17.3 Å². The molecule has 0 unspecified atom stereocenters. The molecule has 6 nitrogen and oxygen atoms in total. The summed E-state index contributed by atoms with van der Waals surface area (Å²) in [5.74, 6) is -0.399. The van der Waals surface area contributed by atoms with E-state index in [2.05, 4.69) is 20.9 Å². The van der Waals surface area contributed by atoms with E-state index in [9.17, 15) is 9.59 Å². The summed E-state index contributed by atoms with van der Waals surface area (Å²) in [6, 6.07) is 12.9. The van der Waals surface area contributed by atoms with Crippen LogP contribution in [-0.2, 0) is 0 Å². The van der Waals surface area contributed by atoms with Gasteiger partial charge in [-0.05, 0) is 49.6 Å². The van der Waals surface area contributed by atoms with Crippen LogP contribution in [0, 0.1) is 6.92 Å². The van der Waals surface area contributed by atoms with Gasteiger partial charge in [-0.25, -0.2) is 4.98 Å². The van der Waals surface area contributed by atoms with Crippen LogP contribution >= 0.6 is 22.9 Å². The number of rotatable bonds is 6. The van der Waals surface area contributed by atoms with E-state index in [1.807, 2.05) is 31.2 Å². The predicted octanol–water partition coefficient (Wildman–Crippen LogP) is 4.99. The number of anilines is 3. The Morgan fingerprint density at radius 3 is 2.66 bits per heavy atom. The van der Waals surface area contributed by atoms with Crippen molar-refractivity contribution in [1.82, 2.24) is 10.3 Å². The molecule has 0 bridgehead atoms. The lowest BCUT2D eigenvalue weighted by atomic mass is 10.1. The highest BCUT2D eigenvalue weighted by atomic mass is 35.5. The van der Waals surface area contributed by atoms with E-state index in [0.717, 1.165) is 24.1 Å². The second-order valence-corrected chi connectivity index (χ2v) is 8.30. The molecule has 8 heteroatoms. The van der Waals surface area contributed by atoms with E-state index < -0.39 is 0 Å². The van der Waals surface area contributed by atoms with Crippen molar-refractivity contribution in [3.8, 4) is 0 Å². The Hall–Kier alpha value is -2.90. The smallest absolute Gasteiger partial charge is 0.267 e. The first kappa shape index (κ1) is 19.4. The van der Waals surface area contributed by atoms with Gasteiger partial charge in [0.15, 0.2) is 5.13 Å². The number of carbonyl (C=O) groups is 2. The van der Waals surface area contributed by atoms with Crippen LogP contribution in [0.25, 0.3) is 0 Å². The van der Waals surface area contributed by atoms with E-state index in [-0.39, 0.29) is 17.9 Å². The molecule has 1 aliphatic carbocycles. The Bertz CT molecular complexity index is 1080. The zero-order valence-corrected chi connectivity index (χ0v) is 17.2. The third-order valence-corrected chi connectivity index (χ3v) is 5.75. The van der Waals surface area contributed by atoms with Crippen molar-refractivity contribution in [2.45, 2.75) is 25.8 Å². The van der Waals surface area contributed by atoms with E-state index in [0.29, 0.717) is 26.3 Å². The fourth-order valence-electron chi connectivity index (χ4n) is 2.69. The Labute approximate surface area is 177 Å². The number of halogens is 1. The van der Waals surface area contributed by atoms with Gasteiger partial charge in [-0.3, -0.25) is 9.59 Å². The van der Waals surface area contributed by atoms with Crippen LogP contribution in [-0.4, -0.2) is 22.8 Å². The van der Waals surface area contributed by atoms with E-state index in [1.54, 1.807) is 18.2 Å². The molecule has 1 aliphatic rings. The average molecular weight is 427 g/mol. The number of hydrogen-bond donors (Lipinski definition) is 3. The lowest BCUT2D eigenvalue weighted by Gasteiger charge is -2.10. The second-order valence-electron chi connectivity index (χ2n) is 6.87. The van der Waals surface area contributed by atoms with Crippen LogP contribution in [0.15, 0.2) is 48.7 Å². The first-order valence-electron chi connectivity index (χ1n) is 9.20. The fourth-order valence-corrected chi connectivity index (χ4v) is 3.60. The molecule has 1 heterocycles. The number of nitrogens with one attached hydrogen (secondary N) is 3. The standard InChI is InChI=1S/C21H19ClN4O2S/c1-12-6-7-13(19(27)24-14-8-9-14)10-17(12)25-20(28)18-11-23-21(29-18)26-16-5-3-2-4-15(16)22/h2-7,10-11,14H,8-9H2,1H3,(H,23,26)(H,24,27)(H,25,28). The normalized spacial score (nSPS) is 13.0. The maximum Gasteiger partial charge on any atom is 0.267 e. The van der Waals surface area contributed by atoms with Crippen molar-refractivity contribution in [3.05, 3.63) is 69.7 Å². The number of aromatic nitrogens is 1. The van der Waals surface area contributed by atoms with Crippen LogP contribution in [0.1, 0.15) is 38.4 Å². The molecule has 2 aromatic carbocycles. The van der Waals surface area contributed by atoms with Gasteiger partial charge >= 0.3 is 0 Å². The van der Waals surface area contributed by atoms with Crippen molar-refractivity contribution in [2.75, 3.05) is 10.6 Å². The number of aryl methyl sites for hydroxylation is 1. The van der Waals surface area contributed by atoms with Gasteiger partial charge in [0.1, 0.15) is 4.88 Å². The summed E-state index contributed by atoms with van der Waals surface area (Å²) in [4.78, 5) is 29.6. The first-order valence-corrected chi connectivity index (χ1v) is 10.4. The minimum atomic E-state index is -0.280. The van der Waals surface area contributed by atoms with Crippen molar-refractivity contribution >= 4 is 51.3 Å². The zero-order chi connectivity index (χ0) is 20.4. The largest absolute Gasteiger partial charge is 0.349 e. The van der Waals surface area contributed by atoms with Crippen LogP contribution in [0.4, 0.5) is 16.5 Å². The molecule has 1 fully saturated rings. The molecule has 0 atom stereocenters. The third-order valence-electron chi connectivity index (χ3n) is 4.51. The van der Waals surface area contributed by atoms with Gasteiger partial charge in [0.2, 0.25) is 0 Å². The molecule has 0 spiro atoms. The Morgan fingerprint density at radius 2 is 1.90 bits per heavy atom. The van der Waals surface area contributed by atoms with E-state index in [1.165, 1.54) is 17.5 Å². The van der Waals surface area contributed by atoms with Crippen molar-refractivity contribution in [3.63, 3.8) is 0 Å². The SMILES string of the molecule is Cc1ccc(C(=O)NC2CC2)cc1NC(=O)c1cnc(Nc2ccccc2Cl)s1. The highest BCUT2D eigenvalue weighted by molar-refractivity contribution is 7.17. The van der Waals surface area contributed by atoms with Crippen LogP contribution < -0.4 is 16.0 Å². The number of amides is 2. The summed E-state index contributed by atoms with van der Waals surface area (Å²) in [6.07, 6.45) is 3.56. The summed E-state index contributed by atoms with van der Waals surface area (Å²) in [7, 11) is 0. The van der Waals surface area contributed by atoms with Crippen LogP contribution in [0.5, 0.6) is 0 Å². The molecular weight excluding hydrogens is 408 g/mol. The number of para-hydroxylation sites is 1. The minimum Gasteiger partial charge on any atom is -0.349 e. The number of hydrogen-bond acceptors (Lipinski definition) is 5. The van der Waals surface area contributed by atoms with Crippen molar-refractivity contribution in [1.29, 1.82) is 0 Å². The highest BCUT2D eigenvalue weighted by Gasteiger charge is 2.24. The molecule has 29 heavy (non-hydrogen) atoms. The monoisotopic (exact) mass is 426 g/mol. The zero-order valence-electron chi connectivity index (χ0n) is 15.7. The average Bonchev–Trinajstić information content (AvgIpc) is 3.39. The third kappa shape index (κ3) is 4.75. The molecule has 0 aliphatic heterocycles. The lowest BCUT2D eigenvalue weighted by Crippen LogP contribution is -2.25. The highest BCUT2D eigenvalue weighted by Crippen LogP contribution is 2.28. The summed E-state index contributed by atoms with van der Waals surface area (Å²) < 4.78 is 0. The van der Waals surface area contributed by atoms with Crippen LogP contribution in [0.3, 0.4) is 0 Å². The molecular formula is C21H19ClN4O2S. The minimum absolute atomic E-state index is 0.119. The van der Waals surface area contributed by atoms with Crippen molar-refractivity contribution < 1.29 is 9.59 Å². The summed E-state index contributed by atoms with van der Waals surface area (Å²) >= 11 is 7.37.